The van der Waals surface area contributed by atoms with E-state index in [1.807, 2.05) is 0 Å². The summed E-state index contributed by atoms with van der Waals surface area (Å²) in [5.74, 6) is -0.664. The van der Waals surface area contributed by atoms with Crippen molar-refractivity contribution >= 4 is 57.4 Å². The van der Waals surface area contributed by atoms with E-state index >= 15 is 0 Å². The summed E-state index contributed by atoms with van der Waals surface area (Å²) < 4.78 is 0. The topological polar surface area (TPSA) is 37.3 Å². The van der Waals surface area contributed by atoms with Crippen molar-refractivity contribution in [2.45, 2.75) is 96.8 Å². The maximum absolute atomic E-state index is 10.3. The Balaban J connectivity index is 0. The average Bonchev–Trinajstić information content (AvgIpc) is 2.43. The summed E-state index contributed by atoms with van der Waals surface area (Å²) in [6.45, 7) is 2.26. The fraction of sp³-hybridized carbons (Fsp3) is 0.833. The van der Waals surface area contributed by atoms with E-state index in [1.165, 1.54) is 70.6 Å². The summed E-state index contributed by atoms with van der Waals surface area (Å²) in [6, 6.07) is 0. The van der Waals surface area contributed by atoms with Gasteiger partial charge in [0.2, 0.25) is 0 Å². The Morgan fingerprint density at radius 3 is 1.67 bits per heavy atom. The van der Waals surface area contributed by atoms with Crippen molar-refractivity contribution in [3.8, 4) is 0 Å². The van der Waals surface area contributed by atoms with Crippen LogP contribution in [0.3, 0.4) is 0 Å². The molecule has 0 bridgehead atoms. The zero-order chi connectivity index (χ0) is 14.9. The second-order valence-corrected chi connectivity index (χ2v) is 5.73. The van der Waals surface area contributed by atoms with Gasteiger partial charge in [0.25, 0.3) is 0 Å². The van der Waals surface area contributed by atoms with Crippen molar-refractivity contribution in [1.82, 2.24) is 0 Å². The summed E-state index contributed by atoms with van der Waals surface area (Å²) >= 11 is 0. The molecule has 0 aliphatic carbocycles. The molecule has 0 spiro atoms. The first-order valence-corrected chi connectivity index (χ1v) is 8.64. The predicted molar refractivity (Wildman–Crippen MR) is 92.8 cm³/mol. The zero-order valence-electron chi connectivity index (χ0n) is 14.4. The number of allylic oxidation sites excluding steroid dienone is 2. The predicted octanol–water partition coefficient (Wildman–Crippen LogP) is 5.73. The second-order valence-electron chi connectivity index (χ2n) is 5.73. The molecule has 119 valence electrons. The Morgan fingerprint density at radius 2 is 1.19 bits per heavy atom. The van der Waals surface area contributed by atoms with Crippen molar-refractivity contribution < 1.29 is 9.90 Å². The van der Waals surface area contributed by atoms with Gasteiger partial charge in [-0.15, -0.1) is 0 Å². The molecule has 0 aliphatic heterocycles. The van der Waals surface area contributed by atoms with E-state index in [0.717, 1.165) is 12.8 Å². The summed E-state index contributed by atoms with van der Waals surface area (Å²) in [4.78, 5) is 10.3. The Labute approximate surface area is 174 Å². The van der Waals surface area contributed by atoms with E-state index in [4.69, 9.17) is 5.11 Å². The van der Waals surface area contributed by atoms with Gasteiger partial charge in [0, 0.05) is 57.8 Å². The molecule has 0 aromatic carbocycles. The number of carboxylic acids is 1. The molecule has 0 aromatic heterocycles. The minimum absolute atomic E-state index is 0. The van der Waals surface area contributed by atoms with Crippen LogP contribution in [-0.4, -0.2) is 62.5 Å². The van der Waals surface area contributed by atoms with Gasteiger partial charge in [-0.3, -0.25) is 4.79 Å². The van der Waals surface area contributed by atoms with Crippen LogP contribution in [0.1, 0.15) is 96.8 Å². The molecule has 1 radical (unpaired) electrons. The van der Waals surface area contributed by atoms with E-state index in [0.29, 0.717) is 6.42 Å². The van der Waals surface area contributed by atoms with Crippen LogP contribution >= 0.6 is 0 Å². The molecule has 0 atom stereocenters. The van der Waals surface area contributed by atoms with Gasteiger partial charge in [-0.1, -0.05) is 70.4 Å². The first-order valence-electron chi connectivity index (χ1n) is 8.64. The number of unbranched alkanes of at least 4 members (excludes halogenated alkanes) is 11. The largest absolute Gasteiger partial charge is 0.481 e. The van der Waals surface area contributed by atoms with Gasteiger partial charge in [-0.05, 0) is 32.1 Å². The number of rotatable bonds is 15. The molecule has 0 aromatic rings. The third kappa shape index (κ3) is 23.2. The Kier molecular flexibility index (Phi) is 23.9. The van der Waals surface area contributed by atoms with Gasteiger partial charge in [0.05, 0.1) is 0 Å². The van der Waals surface area contributed by atoms with Crippen LogP contribution in [0, 0.1) is 0 Å². The molecule has 0 amide bonds. The molecule has 0 saturated heterocycles. The first kappa shape index (κ1) is 24.1. The molecule has 0 unspecified atom stereocenters. The zero-order valence-corrected chi connectivity index (χ0v) is 17.5. The molecule has 0 aliphatic rings. The van der Waals surface area contributed by atoms with E-state index in [9.17, 15) is 4.79 Å². The standard InChI is InChI=1S/C18H34O2.K/c1-2-3-4-5-6-7-8-9-10-11-12-13-14-15-16-17-18(19)20;/h9-10H,2-8,11-17H2,1H3,(H,19,20);/b10-9+;. The van der Waals surface area contributed by atoms with Crippen molar-refractivity contribution in [2.24, 2.45) is 0 Å². The number of carboxylic acid groups (broad SMARTS) is 1. The molecule has 3 heteroatoms. The maximum atomic E-state index is 10.3. The van der Waals surface area contributed by atoms with Crippen molar-refractivity contribution in [3.63, 3.8) is 0 Å². The van der Waals surface area contributed by atoms with E-state index < -0.39 is 5.97 Å². The molecular weight excluding hydrogens is 287 g/mol. The van der Waals surface area contributed by atoms with Gasteiger partial charge in [0.15, 0.2) is 0 Å². The molecule has 0 rings (SSSR count). The van der Waals surface area contributed by atoms with Gasteiger partial charge in [-0.25, -0.2) is 0 Å². The molecular formula is C18H34KO2. The first-order chi connectivity index (χ1) is 9.77. The molecule has 0 heterocycles. The normalized spacial score (nSPS) is 10.7. The minimum atomic E-state index is -0.664. The Hall–Kier alpha value is 0.846. The van der Waals surface area contributed by atoms with Crippen LogP contribution in [0.15, 0.2) is 12.2 Å². The van der Waals surface area contributed by atoms with Crippen LogP contribution in [0.2, 0.25) is 0 Å². The Bertz CT molecular complexity index is 239. The summed E-state index contributed by atoms with van der Waals surface area (Å²) in [5, 5.41) is 8.51. The maximum Gasteiger partial charge on any atom is 0.303 e. The SMILES string of the molecule is CCCCCCCC/C=C/CCCCCCCC(=O)O.[K]. The van der Waals surface area contributed by atoms with E-state index in [2.05, 4.69) is 19.1 Å². The number of aliphatic carboxylic acids is 1. The monoisotopic (exact) mass is 321 g/mol. The number of hydrogen-bond donors (Lipinski definition) is 1. The molecule has 2 nitrogen and oxygen atoms in total. The third-order valence-corrected chi connectivity index (χ3v) is 3.65. The third-order valence-electron chi connectivity index (χ3n) is 3.65. The van der Waals surface area contributed by atoms with Gasteiger partial charge in [0.1, 0.15) is 0 Å². The van der Waals surface area contributed by atoms with Crippen molar-refractivity contribution in [2.75, 3.05) is 0 Å². The summed E-state index contributed by atoms with van der Waals surface area (Å²) in [6.07, 6.45) is 21.2. The molecule has 0 fully saturated rings. The minimum Gasteiger partial charge on any atom is -0.481 e. The van der Waals surface area contributed by atoms with E-state index in [-0.39, 0.29) is 51.4 Å². The smallest absolute Gasteiger partial charge is 0.303 e. The number of hydrogen-bond acceptors (Lipinski definition) is 1. The van der Waals surface area contributed by atoms with Crippen LogP contribution < -0.4 is 0 Å². The van der Waals surface area contributed by atoms with Gasteiger partial charge < -0.3 is 5.11 Å². The number of carbonyl (C=O) groups is 1. The van der Waals surface area contributed by atoms with Crippen molar-refractivity contribution in [1.29, 1.82) is 0 Å². The quantitative estimate of drug-likeness (QED) is 0.238. The Morgan fingerprint density at radius 1 is 0.762 bits per heavy atom. The van der Waals surface area contributed by atoms with E-state index in [1.54, 1.807) is 0 Å². The molecule has 0 saturated carbocycles. The van der Waals surface area contributed by atoms with Crippen LogP contribution in [0.5, 0.6) is 0 Å². The van der Waals surface area contributed by atoms with Gasteiger partial charge >= 0.3 is 5.97 Å². The summed E-state index contributed by atoms with van der Waals surface area (Å²) in [7, 11) is 0. The second kappa shape index (κ2) is 20.8. The summed E-state index contributed by atoms with van der Waals surface area (Å²) in [5.41, 5.74) is 0. The van der Waals surface area contributed by atoms with Gasteiger partial charge in [-0.2, -0.15) is 0 Å². The fourth-order valence-corrected chi connectivity index (χ4v) is 2.35. The van der Waals surface area contributed by atoms with Crippen LogP contribution in [0.25, 0.3) is 0 Å². The fourth-order valence-electron chi connectivity index (χ4n) is 2.35. The van der Waals surface area contributed by atoms with Crippen LogP contribution in [-0.2, 0) is 4.79 Å². The average molecular weight is 322 g/mol. The molecule has 21 heavy (non-hydrogen) atoms. The van der Waals surface area contributed by atoms with Crippen molar-refractivity contribution in [3.05, 3.63) is 12.2 Å². The van der Waals surface area contributed by atoms with Crippen LogP contribution in [0.4, 0.5) is 0 Å². The molecule has 1 N–H and O–H groups in total.